The van der Waals surface area contributed by atoms with Gasteiger partial charge in [0.1, 0.15) is 11.6 Å². The Morgan fingerprint density at radius 3 is 2.89 bits per heavy atom. The van der Waals surface area contributed by atoms with Crippen molar-refractivity contribution in [3.8, 4) is 11.3 Å². The zero-order valence-electron chi connectivity index (χ0n) is 15.9. The Morgan fingerprint density at radius 1 is 1.25 bits per heavy atom. The van der Waals surface area contributed by atoms with Crippen molar-refractivity contribution in [3.05, 3.63) is 72.2 Å². The molecule has 28 heavy (non-hydrogen) atoms. The fourth-order valence-electron chi connectivity index (χ4n) is 3.84. The van der Waals surface area contributed by atoms with E-state index in [0.717, 1.165) is 31.8 Å². The van der Waals surface area contributed by atoms with E-state index in [4.69, 9.17) is 0 Å². The molecule has 1 saturated heterocycles. The van der Waals surface area contributed by atoms with E-state index in [9.17, 15) is 9.18 Å². The van der Waals surface area contributed by atoms with Crippen molar-refractivity contribution in [2.24, 2.45) is 0 Å². The van der Waals surface area contributed by atoms with Crippen LogP contribution in [0.3, 0.4) is 0 Å². The number of rotatable bonds is 4. The number of benzene rings is 1. The van der Waals surface area contributed by atoms with E-state index in [1.165, 1.54) is 12.1 Å². The van der Waals surface area contributed by atoms with Crippen LogP contribution in [-0.4, -0.2) is 38.4 Å². The molecule has 1 amide bonds. The van der Waals surface area contributed by atoms with Crippen LogP contribution in [0.5, 0.6) is 0 Å². The summed E-state index contributed by atoms with van der Waals surface area (Å²) in [6.45, 7) is 4.39. The molecule has 0 saturated carbocycles. The van der Waals surface area contributed by atoms with Gasteiger partial charge in [-0.25, -0.2) is 9.37 Å². The van der Waals surface area contributed by atoms with E-state index in [2.05, 4.69) is 21.5 Å². The molecule has 1 aliphatic heterocycles. The summed E-state index contributed by atoms with van der Waals surface area (Å²) in [5, 5.41) is 0. The van der Waals surface area contributed by atoms with Crippen molar-refractivity contribution < 1.29 is 9.18 Å². The van der Waals surface area contributed by atoms with Crippen molar-refractivity contribution in [1.82, 2.24) is 19.4 Å². The van der Waals surface area contributed by atoms with Crippen molar-refractivity contribution in [2.45, 2.75) is 32.2 Å². The monoisotopic (exact) mass is 378 g/mol. The van der Waals surface area contributed by atoms with Crippen molar-refractivity contribution >= 4 is 5.91 Å². The molecule has 1 fully saturated rings. The molecule has 0 bridgehead atoms. The Morgan fingerprint density at radius 2 is 2.14 bits per heavy atom. The number of nitrogens with zero attached hydrogens (tertiary/aromatic N) is 4. The van der Waals surface area contributed by atoms with Crippen LogP contribution in [0, 0.1) is 5.82 Å². The van der Waals surface area contributed by atoms with E-state index in [1.807, 2.05) is 17.3 Å². The van der Waals surface area contributed by atoms with E-state index >= 15 is 0 Å². The number of amides is 1. The van der Waals surface area contributed by atoms with Gasteiger partial charge < -0.3 is 9.47 Å². The molecule has 0 unspecified atom stereocenters. The number of hydrogen-bond donors (Lipinski definition) is 0. The Bertz CT molecular complexity index is 967. The summed E-state index contributed by atoms with van der Waals surface area (Å²) in [6, 6.07) is 9.84. The maximum Gasteiger partial charge on any atom is 0.255 e. The maximum absolute atomic E-state index is 13.4. The summed E-state index contributed by atoms with van der Waals surface area (Å²) in [6.07, 6.45) is 7.40. The molecular formula is C22H23FN4O. The SMILES string of the molecule is CCn1ccnc1[C@@H]1CCCN(C(=O)c2ccc(-c3cccc(F)c3)nc2)C1. The van der Waals surface area contributed by atoms with E-state index in [1.54, 1.807) is 30.5 Å². The van der Waals surface area contributed by atoms with Crippen LogP contribution < -0.4 is 0 Å². The molecule has 5 nitrogen and oxygen atoms in total. The van der Waals surface area contributed by atoms with Crippen molar-refractivity contribution in [3.63, 3.8) is 0 Å². The van der Waals surface area contributed by atoms with Crippen LogP contribution in [0.1, 0.15) is 41.9 Å². The Hall–Kier alpha value is -3.02. The number of aromatic nitrogens is 3. The van der Waals surface area contributed by atoms with Gasteiger partial charge in [-0.1, -0.05) is 12.1 Å². The Balaban J connectivity index is 1.49. The van der Waals surface area contributed by atoms with Gasteiger partial charge in [0.05, 0.1) is 11.3 Å². The minimum Gasteiger partial charge on any atom is -0.338 e. The van der Waals surface area contributed by atoms with Gasteiger partial charge in [0, 0.05) is 49.7 Å². The van der Waals surface area contributed by atoms with Gasteiger partial charge in [-0.05, 0) is 44.0 Å². The van der Waals surface area contributed by atoms with E-state index in [-0.39, 0.29) is 17.6 Å². The fourth-order valence-corrected chi connectivity index (χ4v) is 3.84. The van der Waals surface area contributed by atoms with Crippen LogP contribution >= 0.6 is 0 Å². The molecule has 1 atom stereocenters. The largest absolute Gasteiger partial charge is 0.338 e. The summed E-state index contributed by atoms with van der Waals surface area (Å²) in [5.74, 6) is 0.994. The van der Waals surface area contributed by atoms with Gasteiger partial charge in [-0.15, -0.1) is 0 Å². The standard InChI is InChI=1S/C22H23FN4O/c1-2-26-12-10-24-21(26)18-6-4-11-27(15-18)22(28)17-8-9-20(25-14-17)16-5-3-7-19(23)13-16/h3,5,7-10,12-14,18H,2,4,6,11,15H2,1H3/t18-/m1/s1. The van der Waals surface area contributed by atoms with E-state index < -0.39 is 0 Å². The number of likely N-dealkylation sites (tertiary alicyclic amines) is 1. The summed E-state index contributed by atoms with van der Waals surface area (Å²) in [5.41, 5.74) is 1.90. The quantitative estimate of drug-likeness (QED) is 0.686. The van der Waals surface area contributed by atoms with Crippen molar-refractivity contribution in [2.75, 3.05) is 13.1 Å². The smallest absolute Gasteiger partial charge is 0.255 e. The second-order valence-electron chi connectivity index (χ2n) is 7.10. The predicted molar refractivity (Wildman–Crippen MR) is 105 cm³/mol. The van der Waals surface area contributed by atoms with Crippen LogP contribution in [0.2, 0.25) is 0 Å². The third-order valence-corrected chi connectivity index (χ3v) is 5.29. The lowest BCUT2D eigenvalue weighted by molar-refractivity contribution is 0.0703. The first kappa shape index (κ1) is 18.3. The fraction of sp³-hybridized carbons (Fsp3) is 0.318. The van der Waals surface area contributed by atoms with Crippen LogP contribution in [0.4, 0.5) is 4.39 Å². The lowest BCUT2D eigenvalue weighted by Crippen LogP contribution is -2.39. The number of pyridine rings is 1. The second-order valence-corrected chi connectivity index (χ2v) is 7.10. The van der Waals surface area contributed by atoms with Crippen LogP contribution in [0.25, 0.3) is 11.3 Å². The normalized spacial score (nSPS) is 16.9. The number of halogens is 1. The summed E-state index contributed by atoms with van der Waals surface area (Å²) < 4.78 is 15.6. The highest BCUT2D eigenvalue weighted by Crippen LogP contribution is 2.27. The molecule has 3 heterocycles. The number of carbonyl (C=O) groups is 1. The molecule has 6 heteroatoms. The highest BCUT2D eigenvalue weighted by Gasteiger charge is 2.28. The predicted octanol–water partition coefficient (Wildman–Crippen LogP) is 4.12. The molecule has 0 spiro atoms. The first-order chi connectivity index (χ1) is 13.7. The topological polar surface area (TPSA) is 51.0 Å². The summed E-state index contributed by atoms with van der Waals surface area (Å²) in [7, 11) is 0. The molecular weight excluding hydrogens is 355 g/mol. The van der Waals surface area contributed by atoms with Crippen molar-refractivity contribution in [1.29, 1.82) is 0 Å². The highest BCUT2D eigenvalue weighted by atomic mass is 19.1. The van der Waals surface area contributed by atoms with E-state index in [0.29, 0.717) is 23.4 Å². The number of carbonyl (C=O) groups excluding carboxylic acids is 1. The molecule has 0 N–H and O–H groups in total. The van der Waals surface area contributed by atoms with Gasteiger partial charge in [-0.3, -0.25) is 9.78 Å². The van der Waals surface area contributed by atoms with Gasteiger partial charge >= 0.3 is 0 Å². The highest BCUT2D eigenvalue weighted by molar-refractivity contribution is 5.94. The molecule has 1 aliphatic rings. The molecule has 144 valence electrons. The van der Waals surface area contributed by atoms with Gasteiger partial charge in [-0.2, -0.15) is 0 Å². The van der Waals surface area contributed by atoms with Crippen LogP contribution in [-0.2, 0) is 6.54 Å². The minimum absolute atomic E-state index is 0.0161. The zero-order valence-corrected chi connectivity index (χ0v) is 15.9. The second kappa shape index (κ2) is 7.92. The summed E-state index contributed by atoms with van der Waals surface area (Å²) >= 11 is 0. The van der Waals surface area contributed by atoms with Gasteiger partial charge in [0.2, 0.25) is 0 Å². The first-order valence-electron chi connectivity index (χ1n) is 9.68. The first-order valence-corrected chi connectivity index (χ1v) is 9.68. The Labute approximate surface area is 163 Å². The molecule has 4 rings (SSSR count). The number of hydrogen-bond acceptors (Lipinski definition) is 3. The lowest BCUT2D eigenvalue weighted by Gasteiger charge is -2.32. The number of imidazole rings is 1. The summed E-state index contributed by atoms with van der Waals surface area (Å²) in [4.78, 5) is 23.7. The molecule has 0 radical (unpaired) electrons. The Kier molecular flexibility index (Phi) is 5.19. The molecule has 3 aromatic rings. The lowest BCUT2D eigenvalue weighted by atomic mass is 9.96. The average molecular weight is 378 g/mol. The number of piperidine rings is 1. The minimum atomic E-state index is -0.302. The van der Waals surface area contributed by atoms with Gasteiger partial charge in [0.25, 0.3) is 5.91 Å². The van der Waals surface area contributed by atoms with Crippen LogP contribution in [0.15, 0.2) is 55.0 Å². The molecule has 1 aromatic carbocycles. The third-order valence-electron chi connectivity index (χ3n) is 5.29. The number of aryl methyl sites for hydroxylation is 1. The molecule has 2 aromatic heterocycles. The zero-order chi connectivity index (χ0) is 19.5. The van der Waals surface area contributed by atoms with Gasteiger partial charge in [0.15, 0.2) is 0 Å². The third kappa shape index (κ3) is 3.67. The maximum atomic E-state index is 13.4. The average Bonchev–Trinajstić information content (AvgIpc) is 3.22. The molecule has 0 aliphatic carbocycles.